The van der Waals surface area contributed by atoms with Crippen LogP contribution in [0.1, 0.15) is 0 Å². The molecule has 1 aliphatic heterocycles. The molecule has 0 bridgehead atoms. The van der Waals surface area contributed by atoms with Crippen molar-refractivity contribution in [3.05, 3.63) is 18.2 Å². The Kier molecular flexibility index (Phi) is 4.06. The van der Waals surface area contributed by atoms with E-state index in [0.717, 1.165) is 32.8 Å². The van der Waals surface area contributed by atoms with Gasteiger partial charge in [0.15, 0.2) is 11.5 Å². The molecule has 3 N–H and O–H groups in total. The van der Waals surface area contributed by atoms with Crippen molar-refractivity contribution in [1.82, 2.24) is 4.90 Å². The Labute approximate surface area is 101 Å². The van der Waals surface area contributed by atoms with Gasteiger partial charge >= 0.3 is 0 Å². The predicted molar refractivity (Wildman–Crippen MR) is 65.3 cm³/mol. The third-order valence-corrected chi connectivity index (χ3v) is 2.75. The number of nitrogen functional groups attached to an aromatic ring is 1. The number of morpholine rings is 1. The maximum Gasteiger partial charge on any atom is 0.163 e. The van der Waals surface area contributed by atoms with Crippen molar-refractivity contribution < 1.29 is 14.6 Å². The topological polar surface area (TPSA) is 68.0 Å². The molecule has 94 valence electrons. The van der Waals surface area contributed by atoms with E-state index in [0.29, 0.717) is 18.0 Å². The number of nitrogens with two attached hydrogens (primary N) is 1. The first kappa shape index (κ1) is 12.0. The monoisotopic (exact) mass is 238 g/mol. The molecule has 1 fully saturated rings. The van der Waals surface area contributed by atoms with Gasteiger partial charge in [0.1, 0.15) is 6.61 Å². The van der Waals surface area contributed by atoms with Crippen molar-refractivity contribution in [2.75, 3.05) is 45.2 Å². The molecule has 17 heavy (non-hydrogen) atoms. The molecule has 0 amide bonds. The standard InChI is InChI=1S/C12H18N2O3/c13-10-1-2-11(15)12(9-10)17-8-5-14-3-6-16-7-4-14/h1-2,9,15H,3-8,13H2. The second-order valence-corrected chi connectivity index (χ2v) is 4.03. The largest absolute Gasteiger partial charge is 0.504 e. The molecule has 1 saturated heterocycles. The fourth-order valence-electron chi connectivity index (χ4n) is 1.76. The number of anilines is 1. The fourth-order valence-corrected chi connectivity index (χ4v) is 1.76. The minimum Gasteiger partial charge on any atom is -0.504 e. The Morgan fingerprint density at radius 2 is 2.12 bits per heavy atom. The second-order valence-electron chi connectivity index (χ2n) is 4.03. The van der Waals surface area contributed by atoms with Crippen LogP contribution in [0, 0.1) is 0 Å². The normalized spacial score (nSPS) is 16.9. The molecule has 5 nitrogen and oxygen atoms in total. The summed E-state index contributed by atoms with van der Waals surface area (Å²) in [6.45, 7) is 4.81. The van der Waals surface area contributed by atoms with E-state index < -0.39 is 0 Å². The summed E-state index contributed by atoms with van der Waals surface area (Å²) in [6.07, 6.45) is 0. The fraction of sp³-hybridized carbons (Fsp3) is 0.500. The van der Waals surface area contributed by atoms with E-state index in [1.165, 1.54) is 0 Å². The number of aromatic hydroxyl groups is 1. The van der Waals surface area contributed by atoms with E-state index in [2.05, 4.69) is 4.90 Å². The number of hydrogen-bond acceptors (Lipinski definition) is 5. The molecule has 1 aliphatic rings. The average Bonchev–Trinajstić information content (AvgIpc) is 2.35. The summed E-state index contributed by atoms with van der Waals surface area (Å²) in [4.78, 5) is 2.27. The van der Waals surface area contributed by atoms with Crippen LogP contribution in [-0.2, 0) is 4.74 Å². The molecule has 1 aromatic carbocycles. The molecule has 5 heteroatoms. The van der Waals surface area contributed by atoms with Crippen molar-refractivity contribution in [1.29, 1.82) is 0 Å². The van der Waals surface area contributed by atoms with Gasteiger partial charge in [-0.1, -0.05) is 0 Å². The van der Waals surface area contributed by atoms with E-state index >= 15 is 0 Å². The van der Waals surface area contributed by atoms with Gasteiger partial charge in [-0.2, -0.15) is 0 Å². The van der Waals surface area contributed by atoms with E-state index in [1.54, 1.807) is 18.2 Å². The molecule has 0 unspecified atom stereocenters. The molecule has 2 rings (SSSR count). The van der Waals surface area contributed by atoms with E-state index in [1.807, 2.05) is 0 Å². The van der Waals surface area contributed by atoms with Crippen LogP contribution in [0.2, 0.25) is 0 Å². The SMILES string of the molecule is Nc1ccc(O)c(OCCN2CCOCC2)c1. The summed E-state index contributed by atoms with van der Waals surface area (Å²) in [5.41, 5.74) is 6.21. The Morgan fingerprint density at radius 1 is 1.35 bits per heavy atom. The Bertz CT molecular complexity index is 365. The minimum absolute atomic E-state index is 0.126. The lowest BCUT2D eigenvalue weighted by atomic mass is 10.3. The zero-order chi connectivity index (χ0) is 12.1. The summed E-state index contributed by atoms with van der Waals surface area (Å²) in [6, 6.07) is 4.82. The number of phenolic OH excluding ortho intramolecular Hbond substituents is 1. The van der Waals surface area contributed by atoms with Gasteiger partial charge in [-0.25, -0.2) is 0 Å². The summed E-state index contributed by atoms with van der Waals surface area (Å²) < 4.78 is 10.8. The van der Waals surface area contributed by atoms with E-state index in [-0.39, 0.29) is 5.75 Å². The van der Waals surface area contributed by atoms with Gasteiger partial charge in [0.25, 0.3) is 0 Å². The molecule has 0 aliphatic carbocycles. The van der Waals surface area contributed by atoms with Crippen LogP contribution in [0.3, 0.4) is 0 Å². The third kappa shape index (κ3) is 3.51. The quantitative estimate of drug-likeness (QED) is 0.596. The Balaban J connectivity index is 1.79. The first-order valence-corrected chi connectivity index (χ1v) is 5.77. The number of phenols is 1. The maximum atomic E-state index is 9.56. The van der Waals surface area contributed by atoms with Crippen molar-refractivity contribution in [2.24, 2.45) is 0 Å². The first-order chi connectivity index (χ1) is 8.25. The highest BCUT2D eigenvalue weighted by Gasteiger charge is 2.10. The van der Waals surface area contributed by atoms with Gasteiger partial charge in [-0.3, -0.25) is 4.90 Å². The van der Waals surface area contributed by atoms with Gasteiger partial charge in [0, 0.05) is 31.4 Å². The van der Waals surface area contributed by atoms with Gasteiger partial charge in [-0.05, 0) is 12.1 Å². The lowest BCUT2D eigenvalue weighted by Gasteiger charge is -2.26. The molecule has 1 aromatic rings. The van der Waals surface area contributed by atoms with Gasteiger partial charge in [-0.15, -0.1) is 0 Å². The van der Waals surface area contributed by atoms with Crippen molar-refractivity contribution >= 4 is 5.69 Å². The molecule has 0 atom stereocenters. The lowest BCUT2D eigenvalue weighted by Crippen LogP contribution is -2.38. The molecule has 0 spiro atoms. The molecule has 0 aromatic heterocycles. The number of rotatable bonds is 4. The van der Waals surface area contributed by atoms with Crippen LogP contribution in [0.25, 0.3) is 0 Å². The average molecular weight is 238 g/mol. The van der Waals surface area contributed by atoms with Crippen LogP contribution in [0.15, 0.2) is 18.2 Å². The first-order valence-electron chi connectivity index (χ1n) is 5.77. The van der Waals surface area contributed by atoms with Crippen molar-refractivity contribution in [3.63, 3.8) is 0 Å². The smallest absolute Gasteiger partial charge is 0.163 e. The van der Waals surface area contributed by atoms with Gasteiger partial charge in [0.05, 0.1) is 13.2 Å². The number of benzene rings is 1. The zero-order valence-corrected chi connectivity index (χ0v) is 9.76. The van der Waals surface area contributed by atoms with E-state index in [9.17, 15) is 5.11 Å². The lowest BCUT2D eigenvalue weighted by molar-refractivity contribution is 0.0321. The van der Waals surface area contributed by atoms with Gasteiger partial charge < -0.3 is 20.3 Å². The van der Waals surface area contributed by atoms with Crippen LogP contribution < -0.4 is 10.5 Å². The van der Waals surface area contributed by atoms with Crippen LogP contribution >= 0.6 is 0 Å². The maximum absolute atomic E-state index is 9.56. The summed E-state index contributed by atoms with van der Waals surface area (Å²) in [5, 5.41) is 9.56. The second kappa shape index (κ2) is 5.75. The molecule has 0 radical (unpaired) electrons. The number of hydrogen-bond donors (Lipinski definition) is 2. The van der Waals surface area contributed by atoms with Crippen molar-refractivity contribution in [2.45, 2.75) is 0 Å². The predicted octanol–water partition coefficient (Wildman–Crippen LogP) is 0.685. The highest BCUT2D eigenvalue weighted by molar-refractivity contribution is 5.51. The highest BCUT2D eigenvalue weighted by Crippen LogP contribution is 2.27. The molecular weight excluding hydrogens is 220 g/mol. The van der Waals surface area contributed by atoms with E-state index in [4.69, 9.17) is 15.2 Å². The highest BCUT2D eigenvalue weighted by atomic mass is 16.5. The molecular formula is C12H18N2O3. The van der Waals surface area contributed by atoms with Crippen molar-refractivity contribution in [3.8, 4) is 11.5 Å². The van der Waals surface area contributed by atoms with Crippen LogP contribution in [0.4, 0.5) is 5.69 Å². The Morgan fingerprint density at radius 3 is 2.88 bits per heavy atom. The molecule has 1 heterocycles. The molecule has 0 saturated carbocycles. The van der Waals surface area contributed by atoms with Crippen LogP contribution in [-0.4, -0.2) is 49.5 Å². The minimum atomic E-state index is 0.126. The third-order valence-electron chi connectivity index (χ3n) is 2.75. The summed E-state index contributed by atoms with van der Waals surface area (Å²) in [7, 11) is 0. The van der Waals surface area contributed by atoms with Crippen LogP contribution in [0.5, 0.6) is 11.5 Å². The summed E-state index contributed by atoms with van der Waals surface area (Å²) >= 11 is 0. The van der Waals surface area contributed by atoms with Gasteiger partial charge in [0.2, 0.25) is 0 Å². The number of ether oxygens (including phenoxy) is 2. The summed E-state index contributed by atoms with van der Waals surface area (Å²) in [5.74, 6) is 0.569. The Hall–Kier alpha value is -1.46. The number of nitrogens with zero attached hydrogens (tertiary/aromatic N) is 1. The zero-order valence-electron chi connectivity index (χ0n) is 9.76.